The van der Waals surface area contributed by atoms with E-state index in [4.69, 9.17) is 33.2 Å². The third-order valence-electron chi connectivity index (χ3n) is 8.07. The number of ether oxygens (including phenoxy) is 7. The smallest absolute Gasteiger partial charge is 0.337 e. The van der Waals surface area contributed by atoms with Crippen molar-refractivity contribution in [1.82, 2.24) is 14.7 Å². The largest absolute Gasteiger partial charge is 0.467 e. The standard InChI is InChI=1S/C26H31N3O10/c1-33-26(32)23-17-10-29(13-20(36-17)39-23)25(31)22-16-9-28(12-19(35-16)38-22)24(30)21-15-8-27(11-18(34-15)37-21)7-14-5-3-2-4-6-14/h2-6,15-23H,7-13H2,1H3/t15-,16-,17-,18-,19-,20-,21+,22+,23+/m0/s1. The number of carbonyl (C=O) groups excluding carboxylic acids is 3. The number of rotatable bonds is 5. The maximum absolute atomic E-state index is 13.5. The van der Waals surface area contributed by atoms with Gasteiger partial charge in [-0.25, -0.2) is 4.79 Å². The van der Waals surface area contributed by atoms with Crippen LogP contribution in [0.15, 0.2) is 30.3 Å². The third-order valence-corrected chi connectivity index (χ3v) is 8.07. The van der Waals surface area contributed by atoms with E-state index in [0.717, 1.165) is 6.54 Å². The Labute approximate surface area is 224 Å². The Morgan fingerprint density at radius 1 is 0.692 bits per heavy atom. The number of hydrogen-bond donors (Lipinski definition) is 0. The molecule has 6 saturated heterocycles. The zero-order valence-corrected chi connectivity index (χ0v) is 21.5. The van der Waals surface area contributed by atoms with Crippen molar-refractivity contribution in [3.05, 3.63) is 35.9 Å². The summed E-state index contributed by atoms with van der Waals surface area (Å²) in [5.41, 5.74) is 1.19. The fourth-order valence-corrected chi connectivity index (χ4v) is 6.25. The molecule has 0 aliphatic carbocycles. The highest BCUT2D eigenvalue weighted by Crippen LogP contribution is 2.33. The van der Waals surface area contributed by atoms with Crippen molar-refractivity contribution in [1.29, 1.82) is 0 Å². The van der Waals surface area contributed by atoms with Crippen molar-refractivity contribution in [2.24, 2.45) is 0 Å². The average Bonchev–Trinajstić information content (AvgIpc) is 3.55. The van der Waals surface area contributed by atoms with Crippen LogP contribution in [-0.4, -0.2) is 134 Å². The van der Waals surface area contributed by atoms with Gasteiger partial charge >= 0.3 is 5.97 Å². The Morgan fingerprint density at radius 3 is 1.79 bits per heavy atom. The van der Waals surface area contributed by atoms with Crippen LogP contribution in [0.3, 0.4) is 0 Å². The first-order chi connectivity index (χ1) is 18.9. The SMILES string of the molecule is COC(=O)[C@@H]1O[C@H]2CN(C(=O)[C@@H]3O[C@H]4CN(C(=O)[C@@H]5O[C@H]6CN(Cc7ccccc7)C[C@@H]5O6)C[C@@H]3O4)C[C@@H]1O2. The molecule has 13 nitrogen and oxygen atoms in total. The van der Waals surface area contributed by atoms with E-state index >= 15 is 0 Å². The summed E-state index contributed by atoms with van der Waals surface area (Å²) in [5, 5.41) is 0. The van der Waals surface area contributed by atoms with Crippen molar-refractivity contribution in [3.8, 4) is 0 Å². The van der Waals surface area contributed by atoms with Crippen LogP contribution >= 0.6 is 0 Å². The molecule has 6 fully saturated rings. The Morgan fingerprint density at radius 2 is 1.21 bits per heavy atom. The van der Waals surface area contributed by atoms with E-state index in [0.29, 0.717) is 13.1 Å². The van der Waals surface area contributed by atoms with Gasteiger partial charge in [-0.3, -0.25) is 14.5 Å². The molecule has 6 bridgehead atoms. The van der Waals surface area contributed by atoms with Crippen LogP contribution in [0.4, 0.5) is 0 Å². The first-order valence-electron chi connectivity index (χ1n) is 13.3. The lowest BCUT2D eigenvalue weighted by Crippen LogP contribution is -2.55. The average molecular weight is 546 g/mol. The molecule has 0 spiro atoms. The second kappa shape index (κ2) is 10.1. The van der Waals surface area contributed by atoms with Crippen LogP contribution in [0.1, 0.15) is 5.56 Å². The minimum Gasteiger partial charge on any atom is -0.467 e. The maximum Gasteiger partial charge on any atom is 0.337 e. The fraction of sp³-hybridized carbons (Fsp3) is 0.654. The van der Waals surface area contributed by atoms with Crippen LogP contribution in [-0.2, 0) is 54.1 Å². The van der Waals surface area contributed by atoms with Gasteiger partial charge in [-0.15, -0.1) is 0 Å². The highest BCUT2D eigenvalue weighted by Gasteiger charge is 2.54. The highest BCUT2D eigenvalue weighted by atomic mass is 16.8. The molecule has 6 aliphatic rings. The molecule has 1 aromatic rings. The topological polar surface area (TPSA) is 126 Å². The zero-order chi connectivity index (χ0) is 26.7. The van der Waals surface area contributed by atoms with Crippen LogP contribution in [0.5, 0.6) is 0 Å². The van der Waals surface area contributed by atoms with E-state index in [2.05, 4.69) is 17.0 Å². The second-order valence-corrected chi connectivity index (χ2v) is 10.7. The first kappa shape index (κ1) is 25.3. The van der Waals surface area contributed by atoms with Gasteiger partial charge in [-0.1, -0.05) is 30.3 Å². The predicted molar refractivity (Wildman–Crippen MR) is 127 cm³/mol. The van der Waals surface area contributed by atoms with Crippen LogP contribution < -0.4 is 0 Å². The second-order valence-electron chi connectivity index (χ2n) is 10.7. The normalized spacial score (nSPS) is 39.2. The molecule has 0 N–H and O–H groups in total. The van der Waals surface area contributed by atoms with Gasteiger partial charge in [-0.2, -0.15) is 0 Å². The zero-order valence-electron chi connectivity index (χ0n) is 21.5. The van der Waals surface area contributed by atoms with E-state index in [1.54, 1.807) is 9.80 Å². The summed E-state index contributed by atoms with van der Waals surface area (Å²) < 4.78 is 39.9. The van der Waals surface area contributed by atoms with Crippen molar-refractivity contribution in [2.45, 2.75) is 62.0 Å². The summed E-state index contributed by atoms with van der Waals surface area (Å²) >= 11 is 0. The monoisotopic (exact) mass is 545 g/mol. The minimum atomic E-state index is -0.873. The Hall–Kier alpha value is -2.65. The van der Waals surface area contributed by atoms with Crippen molar-refractivity contribution in [3.63, 3.8) is 0 Å². The van der Waals surface area contributed by atoms with E-state index in [-0.39, 0.29) is 44.1 Å². The Kier molecular flexibility index (Phi) is 6.54. The number of nitrogens with zero attached hydrogens (tertiary/aromatic N) is 3. The summed E-state index contributed by atoms with van der Waals surface area (Å²) in [6.45, 7) is 2.68. The first-order valence-corrected chi connectivity index (χ1v) is 13.3. The van der Waals surface area contributed by atoms with Gasteiger partial charge in [0.1, 0.15) is 18.3 Å². The van der Waals surface area contributed by atoms with Gasteiger partial charge in [0, 0.05) is 13.1 Å². The number of fused-ring (bicyclic) bond motifs is 6. The summed E-state index contributed by atoms with van der Waals surface area (Å²) in [4.78, 5) is 44.4. The van der Waals surface area contributed by atoms with Gasteiger partial charge < -0.3 is 43.0 Å². The number of benzene rings is 1. The number of hydrogen-bond acceptors (Lipinski definition) is 11. The van der Waals surface area contributed by atoms with E-state index in [1.165, 1.54) is 12.7 Å². The number of methoxy groups -OCH3 is 1. The van der Waals surface area contributed by atoms with Crippen LogP contribution in [0, 0.1) is 0 Å². The fourth-order valence-electron chi connectivity index (χ4n) is 6.25. The molecule has 6 heterocycles. The molecule has 2 amide bonds. The molecule has 39 heavy (non-hydrogen) atoms. The van der Waals surface area contributed by atoms with Crippen molar-refractivity contribution >= 4 is 17.8 Å². The summed E-state index contributed by atoms with van der Waals surface area (Å²) in [5.74, 6) is -0.997. The van der Waals surface area contributed by atoms with Crippen molar-refractivity contribution < 1.29 is 47.5 Å². The molecule has 6 aliphatic heterocycles. The number of esters is 1. The Balaban J connectivity index is 0.967. The van der Waals surface area contributed by atoms with E-state index in [1.807, 2.05) is 18.2 Å². The molecule has 0 saturated carbocycles. The van der Waals surface area contributed by atoms with Crippen molar-refractivity contribution in [2.75, 3.05) is 46.4 Å². The van der Waals surface area contributed by atoms with Gasteiger partial charge in [0.15, 0.2) is 37.2 Å². The van der Waals surface area contributed by atoms with E-state index in [9.17, 15) is 14.4 Å². The van der Waals surface area contributed by atoms with Gasteiger partial charge in [0.2, 0.25) is 0 Å². The van der Waals surface area contributed by atoms with Gasteiger partial charge in [0.25, 0.3) is 11.8 Å². The van der Waals surface area contributed by atoms with Crippen LogP contribution in [0.25, 0.3) is 0 Å². The van der Waals surface area contributed by atoms with Crippen LogP contribution in [0.2, 0.25) is 0 Å². The summed E-state index contributed by atoms with van der Waals surface area (Å²) in [6.07, 6.45) is -5.94. The summed E-state index contributed by atoms with van der Waals surface area (Å²) in [6, 6.07) is 10.2. The molecular formula is C26H31N3O10. The summed E-state index contributed by atoms with van der Waals surface area (Å²) in [7, 11) is 1.28. The molecule has 0 unspecified atom stereocenters. The van der Waals surface area contributed by atoms with E-state index < -0.39 is 55.4 Å². The highest BCUT2D eigenvalue weighted by molar-refractivity contribution is 5.84. The molecule has 0 aromatic heterocycles. The number of carbonyl (C=O) groups is 3. The third kappa shape index (κ3) is 4.71. The molecule has 1 aromatic carbocycles. The molecule has 7 rings (SSSR count). The molecule has 210 valence electrons. The molecular weight excluding hydrogens is 514 g/mol. The number of morpholine rings is 3. The molecule has 13 heteroatoms. The maximum atomic E-state index is 13.5. The minimum absolute atomic E-state index is 0.165. The van der Waals surface area contributed by atoms with Gasteiger partial charge in [0.05, 0.1) is 39.8 Å². The number of amides is 2. The lowest BCUT2D eigenvalue weighted by atomic mass is 10.1. The predicted octanol–water partition coefficient (Wildman–Crippen LogP) is -1.31. The molecule has 0 radical (unpaired) electrons. The lowest BCUT2D eigenvalue weighted by molar-refractivity contribution is -0.163. The van der Waals surface area contributed by atoms with Gasteiger partial charge in [-0.05, 0) is 5.56 Å². The lowest BCUT2D eigenvalue weighted by Gasteiger charge is -2.35. The molecule has 9 atom stereocenters. The quantitative estimate of drug-likeness (QED) is 0.410. The Bertz CT molecular complexity index is 1120.